The fraction of sp³-hybridized carbons (Fsp3) is 0.182. The van der Waals surface area contributed by atoms with Crippen LogP contribution in [-0.4, -0.2) is 12.1 Å². The second kappa shape index (κ2) is 7.77. The Morgan fingerprint density at radius 2 is 2.08 bits per heavy atom. The number of methoxy groups -OCH3 is 1. The summed E-state index contributed by atoms with van der Waals surface area (Å²) in [4.78, 5) is 3.57. The molecule has 0 atom stereocenters. The normalized spacial score (nSPS) is 13.7. The molecular weight excluding hydrogens is 340 g/mol. The number of thiophene rings is 1. The van der Waals surface area contributed by atoms with Gasteiger partial charge in [0.25, 0.3) is 0 Å². The number of benzene rings is 1. The topological polar surface area (TPSA) is 37.0 Å². The Morgan fingerprint density at radius 1 is 1.19 bits per heavy atom. The summed E-state index contributed by atoms with van der Waals surface area (Å²) in [6, 6.07) is 12.9. The smallest absolute Gasteiger partial charge is 0.0713 e. The highest BCUT2D eigenvalue weighted by atomic mass is 32.1. The minimum Gasteiger partial charge on any atom is -0.380 e. The minimum atomic E-state index is 0.641. The second-order valence-electron chi connectivity index (χ2n) is 6.39. The summed E-state index contributed by atoms with van der Waals surface area (Å²) < 4.78 is 5.19. The third kappa shape index (κ3) is 3.66. The summed E-state index contributed by atoms with van der Waals surface area (Å²) >= 11 is 1.72. The van der Waals surface area contributed by atoms with Crippen molar-refractivity contribution in [1.82, 2.24) is 4.98 Å². The molecule has 4 rings (SSSR count). The van der Waals surface area contributed by atoms with Crippen LogP contribution in [0.25, 0.3) is 23.0 Å². The van der Waals surface area contributed by atoms with Gasteiger partial charge in [-0.25, -0.2) is 0 Å². The largest absolute Gasteiger partial charge is 0.380 e. The molecule has 26 heavy (non-hydrogen) atoms. The first-order valence-corrected chi connectivity index (χ1v) is 9.74. The minimum absolute atomic E-state index is 0.641. The lowest BCUT2D eigenvalue weighted by Gasteiger charge is -2.11. The van der Waals surface area contributed by atoms with E-state index in [0.29, 0.717) is 6.61 Å². The Hall–Kier alpha value is -2.56. The van der Waals surface area contributed by atoms with E-state index in [-0.39, 0.29) is 0 Å². The zero-order valence-corrected chi connectivity index (χ0v) is 15.6. The Labute approximate surface area is 157 Å². The van der Waals surface area contributed by atoms with E-state index in [0.717, 1.165) is 29.6 Å². The fourth-order valence-corrected chi connectivity index (χ4v) is 3.86. The van der Waals surface area contributed by atoms with Crippen LogP contribution in [0.5, 0.6) is 0 Å². The third-order valence-corrected chi connectivity index (χ3v) is 5.21. The molecule has 0 aliphatic heterocycles. The highest BCUT2D eigenvalue weighted by Gasteiger charge is 2.07. The van der Waals surface area contributed by atoms with Crippen LogP contribution in [0.15, 0.2) is 59.3 Å². The van der Waals surface area contributed by atoms with E-state index in [9.17, 15) is 0 Å². The van der Waals surface area contributed by atoms with Crippen molar-refractivity contribution >= 4 is 28.8 Å². The Morgan fingerprint density at radius 3 is 2.85 bits per heavy atom. The molecule has 2 heterocycles. The van der Waals surface area contributed by atoms with Gasteiger partial charge in [-0.2, -0.15) is 11.3 Å². The first-order valence-electron chi connectivity index (χ1n) is 8.80. The molecule has 3 aromatic rings. The van der Waals surface area contributed by atoms with Gasteiger partial charge in [-0.15, -0.1) is 0 Å². The Bertz CT molecular complexity index is 1010. The molecule has 2 aromatic heterocycles. The predicted molar refractivity (Wildman–Crippen MR) is 110 cm³/mol. The van der Waals surface area contributed by atoms with Crippen LogP contribution in [0.1, 0.15) is 18.4 Å². The lowest BCUT2D eigenvalue weighted by Crippen LogP contribution is -2.27. The van der Waals surface area contributed by atoms with Crippen molar-refractivity contribution in [3.05, 3.63) is 75.4 Å². The van der Waals surface area contributed by atoms with Gasteiger partial charge in [0.2, 0.25) is 0 Å². The molecule has 0 bridgehead atoms. The maximum Gasteiger partial charge on any atom is 0.0713 e. The number of aromatic amines is 1. The van der Waals surface area contributed by atoms with E-state index in [2.05, 4.69) is 75.7 Å². The zero-order valence-electron chi connectivity index (χ0n) is 14.8. The average molecular weight is 362 g/mol. The SMILES string of the molecule is COCc1ccc(NC2=c3cc(-c4ccsc4)[nH]c3=CC=CCC2)cc1. The number of hydrogen-bond donors (Lipinski definition) is 2. The number of fused-ring (bicyclic) bond motifs is 1. The maximum atomic E-state index is 5.19. The highest BCUT2D eigenvalue weighted by Crippen LogP contribution is 2.19. The van der Waals surface area contributed by atoms with Gasteiger partial charge in [-0.05, 0) is 54.1 Å². The fourth-order valence-electron chi connectivity index (χ4n) is 3.20. The lowest BCUT2D eigenvalue weighted by molar-refractivity contribution is 0.185. The standard InChI is InChI=1S/C22H22N2OS/c1-25-14-16-7-9-18(10-8-16)23-20-5-3-2-4-6-21-19(20)13-22(24-21)17-11-12-26-15-17/h2,4,6-13,15,23-24H,3,5,14H2,1H3. The third-order valence-electron chi connectivity index (χ3n) is 4.53. The summed E-state index contributed by atoms with van der Waals surface area (Å²) in [5.41, 5.74) is 5.94. The van der Waals surface area contributed by atoms with E-state index in [4.69, 9.17) is 4.74 Å². The Balaban J connectivity index is 1.74. The van der Waals surface area contributed by atoms with Gasteiger partial charge >= 0.3 is 0 Å². The second-order valence-corrected chi connectivity index (χ2v) is 7.17. The molecule has 4 heteroatoms. The predicted octanol–water partition coefficient (Wildman–Crippen LogP) is 4.24. The van der Waals surface area contributed by atoms with Crippen molar-refractivity contribution in [2.24, 2.45) is 0 Å². The van der Waals surface area contributed by atoms with E-state index in [1.54, 1.807) is 18.4 Å². The highest BCUT2D eigenvalue weighted by molar-refractivity contribution is 7.08. The molecular formula is C22H22N2OS. The molecule has 2 N–H and O–H groups in total. The molecule has 1 aliphatic rings. The monoisotopic (exact) mass is 362 g/mol. The van der Waals surface area contributed by atoms with Crippen LogP contribution in [0.3, 0.4) is 0 Å². The van der Waals surface area contributed by atoms with Crippen LogP contribution in [-0.2, 0) is 11.3 Å². The number of rotatable bonds is 5. The van der Waals surface area contributed by atoms with Gasteiger partial charge in [0.05, 0.1) is 6.61 Å². The molecule has 0 spiro atoms. The number of allylic oxidation sites excluding steroid dienone is 2. The molecule has 0 fully saturated rings. The number of H-pyrrole nitrogens is 1. The van der Waals surface area contributed by atoms with Crippen LogP contribution < -0.4 is 15.9 Å². The zero-order chi connectivity index (χ0) is 17.8. The molecule has 0 radical (unpaired) electrons. The van der Waals surface area contributed by atoms with Crippen LogP contribution in [0.2, 0.25) is 0 Å². The van der Waals surface area contributed by atoms with Gasteiger partial charge in [-0.3, -0.25) is 0 Å². The van der Waals surface area contributed by atoms with Crippen molar-refractivity contribution in [3.8, 4) is 11.3 Å². The quantitative estimate of drug-likeness (QED) is 0.712. The average Bonchev–Trinajstić information content (AvgIpc) is 3.30. The molecule has 0 saturated heterocycles. The van der Waals surface area contributed by atoms with Gasteiger partial charge in [0, 0.05) is 45.7 Å². The summed E-state index contributed by atoms with van der Waals surface area (Å²) in [6.45, 7) is 0.641. The molecule has 0 saturated carbocycles. The van der Waals surface area contributed by atoms with Gasteiger partial charge in [0.15, 0.2) is 0 Å². The van der Waals surface area contributed by atoms with Gasteiger partial charge in [0.1, 0.15) is 0 Å². The number of hydrogen-bond acceptors (Lipinski definition) is 3. The van der Waals surface area contributed by atoms with Crippen molar-refractivity contribution in [2.45, 2.75) is 19.4 Å². The van der Waals surface area contributed by atoms with E-state index in [1.807, 2.05) is 0 Å². The lowest BCUT2D eigenvalue weighted by atomic mass is 10.1. The summed E-state index contributed by atoms with van der Waals surface area (Å²) in [6.07, 6.45) is 8.53. The number of ether oxygens (including phenoxy) is 1. The maximum absolute atomic E-state index is 5.19. The molecule has 1 aromatic carbocycles. The molecule has 0 unspecified atom stereocenters. The number of nitrogens with one attached hydrogen (secondary N) is 2. The van der Waals surface area contributed by atoms with E-state index in [1.165, 1.54) is 22.0 Å². The summed E-state index contributed by atoms with van der Waals surface area (Å²) in [5, 5.41) is 10.3. The van der Waals surface area contributed by atoms with Crippen LogP contribution >= 0.6 is 11.3 Å². The van der Waals surface area contributed by atoms with Crippen LogP contribution in [0, 0.1) is 0 Å². The van der Waals surface area contributed by atoms with E-state index >= 15 is 0 Å². The van der Waals surface area contributed by atoms with Crippen molar-refractivity contribution in [1.29, 1.82) is 0 Å². The summed E-state index contributed by atoms with van der Waals surface area (Å²) in [7, 11) is 1.72. The van der Waals surface area contributed by atoms with Gasteiger partial charge < -0.3 is 15.0 Å². The van der Waals surface area contributed by atoms with Crippen molar-refractivity contribution in [2.75, 3.05) is 12.4 Å². The molecule has 1 aliphatic carbocycles. The van der Waals surface area contributed by atoms with Crippen molar-refractivity contribution < 1.29 is 4.74 Å². The first kappa shape index (κ1) is 16.9. The summed E-state index contributed by atoms with van der Waals surface area (Å²) in [5.74, 6) is 0. The molecule has 132 valence electrons. The molecule has 3 nitrogen and oxygen atoms in total. The number of anilines is 1. The van der Waals surface area contributed by atoms with Gasteiger partial charge in [-0.1, -0.05) is 24.3 Å². The van der Waals surface area contributed by atoms with Crippen molar-refractivity contribution in [3.63, 3.8) is 0 Å². The first-order chi connectivity index (χ1) is 12.8. The molecule has 0 amide bonds. The van der Waals surface area contributed by atoms with E-state index < -0.39 is 0 Å². The Kier molecular flexibility index (Phi) is 5.04. The number of aromatic nitrogens is 1. The van der Waals surface area contributed by atoms with Crippen LogP contribution in [0.4, 0.5) is 5.69 Å².